The van der Waals surface area contributed by atoms with Gasteiger partial charge in [-0.3, -0.25) is 4.72 Å². The molecule has 166 valence electrons. The number of sulfonamides is 1. The van der Waals surface area contributed by atoms with Crippen LogP contribution in [0.2, 0.25) is 10.0 Å². The van der Waals surface area contributed by atoms with Crippen LogP contribution in [-0.4, -0.2) is 21.8 Å². The lowest BCUT2D eigenvalue weighted by Gasteiger charge is -2.15. The van der Waals surface area contributed by atoms with E-state index >= 15 is 0 Å². The van der Waals surface area contributed by atoms with Crippen LogP contribution in [0, 0.1) is 0 Å². The van der Waals surface area contributed by atoms with Gasteiger partial charge in [0.15, 0.2) is 5.88 Å². The number of ether oxygens (including phenoxy) is 1. The number of methoxy groups -OCH3 is 1. The Kier molecular flexibility index (Phi) is 10.0. The molecule has 0 aliphatic heterocycles. The first-order valence-electron chi connectivity index (χ1n) is 9.40. The zero-order valence-electron chi connectivity index (χ0n) is 18.2. The lowest BCUT2D eigenvalue weighted by Crippen LogP contribution is -2.11. The second kappa shape index (κ2) is 11.5. The van der Waals surface area contributed by atoms with Crippen molar-refractivity contribution in [3.8, 4) is 0 Å². The van der Waals surface area contributed by atoms with Crippen molar-refractivity contribution in [2.45, 2.75) is 39.5 Å². The molecule has 5 nitrogen and oxygen atoms in total. The van der Waals surface area contributed by atoms with Crippen molar-refractivity contribution in [3.63, 3.8) is 0 Å². The van der Waals surface area contributed by atoms with Crippen molar-refractivity contribution in [1.29, 1.82) is 0 Å². The molecule has 0 aromatic heterocycles. The van der Waals surface area contributed by atoms with E-state index in [2.05, 4.69) is 30.5 Å². The van der Waals surface area contributed by atoms with Crippen LogP contribution in [0.5, 0.6) is 0 Å². The van der Waals surface area contributed by atoms with E-state index in [1.54, 1.807) is 25.3 Å². The average Bonchev–Trinajstić information content (AvgIpc) is 2.63. The third-order valence-corrected chi connectivity index (χ3v) is 5.15. The maximum absolute atomic E-state index is 11.1. The number of hydrogen-bond donors (Lipinski definition) is 2. The molecule has 2 aromatic carbocycles. The molecule has 0 radical (unpaired) electrons. The minimum absolute atomic E-state index is 0.216. The number of halogens is 2. The number of hydrogen-bond acceptors (Lipinski definition) is 4. The number of anilines is 2. The second-order valence-electron chi connectivity index (χ2n) is 7.40. The zero-order chi connectivity index (χ0) is 23.1. The Bertz CT molecular complexity index is 974. The number of nitrogens with one attached hydrogen (secondary N) is 2. The summed E-state index contributed by atoms with van der Waals surface area (Å²) in [5, 5.41) is 4.45. The molecule has 0 bridgehead atoms. The lowest BCUT2D eigenvalue weighted by molar-refractivity contribution is 0.299. The molecule has 0 aliphatic rings. The highest BCUT2D eigenvalue weighted by Gasteiger charge is 2.11. The molecule has 0 unspecified atom stereocenters. The molecule has 0 amide bonds. The van der Waals surface area contributed by atoms with Gasteiger partial charge in [-0.05, 0) is 65.9 Å². The summed E-state index contributed by atoms with van der Waals surface area (Å²) in [5.74, 6) is 1.14. The van der Waals surface area contributed by atoms with Crippen LogP contribution in [0.25, 0.3) is 0 Å². The third-order valence-electron chi connectivity index (χ3n) is 4.09. The fourth-order valence-electron chi connectivity index (χ4n) is 2.63. The van der Waals surface area contributed by atoms with Crippen molar-refractivity contribution in [1.82, 2.24) is 0 Å². The molecule has 0 aliphatic carbocycles. The molecular formula is C22H30Cl2N2O3S. The SMILES string of the molecule is C=C(Nc1ccc(Cl)cc1C(C)C)OC.CC(C)c1cc(Cl)ccc1NS(C)(=O)=O. The van der Waals surface area contributed by atoms with Gasteiger partial charge in [-0.15, -0.1) is 0 Å². The summed E-state index contributed by atoms with van der Waals surface area (Å²) in [6.07, 6.45) is 1.13. The van der Waals surface area contributed by atoms with Crippen molar-refractivity contribution in [3.05, 3.63) is 70.0 Å². The van der Waals surface area contributed by atoms with Gasteiger partial charge >= 0.3 is 0 Å². The molecule has 8 heteroatoms. The van der Waals surface area contributed by atoms with Crippen LogP contribution in [-0.2, 0) is 14.8 Å². The van der Waals surface area contributed by atoms with Crippen LogP contribution in [0.3, 0.4) is 0 Å². The van der Waals surface area contributed by atoms with Crippen molar-refractivity contribution >= 4 is 44.6 Å². The fraction of sp³-hybridized carbons (Fsp3) is 0.364. The molecule has 0 saturated heterocycles. The molecule has 0 fully saturated rings. The van der Waals surface area contributed by atoms with E-state index in [1.807, 2.05) is 32.0 Å². The van der Waals surface area contributed by atoms with Gasteiger partial charge in [0.1, 0.15) is 0 Å². The molecule has 0 atom stereocenters. The topological polar surface area (TPSA) is 67.4 Å². The van der Waals surface area contributed by atoms with Crippen LogP contribution < -0.4 is 10.0 Å². The van der Waals surface area contributed by atoms with Gasteiger partial charge < -0.3 is 10.1 Å². The van der Waals surface area contributed by atoms with E-state index < -0.39 is 10.0 Å². The summed E-state index contributed by atoms with van der Waals surface area (Å²) in [4.78, 5) is 0. The quantitative estimate of drug-likeness (QED) is 0.433. The highest BCUT2D eigenvalue weighted by Crippen LogP contribution is 2.29. The third kappa shape index (κ3) is 8.86. The van der Waals surface area contributed by atoms with Crippen LogP contribution in [0.1, 0.15) is 50.7 Å². The van der Waals surface area contributed by atoms with E-state index in [0.717, 1.165) is 28.1 Å². The fourth-order valence-corrected chi connectivity index (χ4v) is 3.58. The first-order valence-corrected chi connectivity index (χ1v) is 12.0. The maximum atomic E-state index is 11.1. The molecule has 2 N–H and O–H groups in total. The minimum Gasteiger partial charge on any atom is -0.483 e. The molecule has 0 saturated carbocycles. The highest BCUT2D eigenvalue weighted by molar-refractivity contribution is 7.92. The average molecular weight is 473 g/mol. The number of benzene rings is 2. The Labute approximate surface area is 190 Å². The van der Waals surface area contributed by atoms with Gasteiger partial charge in [-0.1, -0.05) is 50.9 Å². The van der Waals surface area contributed by atoms with Crippen molar-refractivity contribution < 1.29 is 13.2 Å². The highest BCUT2D eigenvalue weighted by atomic mass is 35.5. The molecule has 30 heavy (non-hydrogen) atoms. The predicted molar refractivity (Wildman–Crippen MR) is 129 cm³/mol. The van der Waals surface area contributed by atoms with Crippen molar-refractivity contribution in [2.24, 2.45) is 0 Å². The van der Waals surface area contributed by atoms with E-state index in [9.17, 15) is 8.42 Å². The maximum Gasteiger partial charge on any atom is 0.229 e. The van der Waals surface area contributed by atoms with Gasteiger partial charge in [0.05, 0.1) is 19.1 Å². The summed E-state index contributed by atoms with van der Waals surface area (Å²) in [7, 11) is -1.66. The largest absolute Gasteiger partial charge is 0.483 e. The first kappa shape index (κ1) is 26.1. The monoisotopic (exact) mass is 472 g/mol. The minimum atomic E-state index is -3.24. The predicted octanol–water partition coefficient (Wildman–Crippen LogP) is 6.83. The van der Waals surface area contributed by atoms with Crippen molar-refractivity contribution in [2.75, 3.05) is 23.4 Å². The summed E-state index contributed by atoms with van der Waals surface area (Å²) in [6, 6.07) is 10.9. The van der Waals surface area contributed by atoms with E-state index in [0.29, 0.717) is 22.5 Å². The normalized spacial score (nSPS) is 11.0. The smallest absolute Gasteiger partial charge is 0.229 e. The zero-order valence-corrected chi connectivity index (χ0v) is 20.5. The molecular weight excluding hydrogens is 443 g/mol. The van der Waals surface area contributed by atoms with Crippen LogP contribution in [0.4, 0.5) is 11.4 Å². The Hall–Kier alpha value is -1.89. The summed E-state index contributed by atoms with van der Waals surface area (Å²) in [6.45, 7) is 11.9. The summed E-state index contributed by atoms with van der Waals surface area (Å²) < 4.78 is 29.7. The van der Waals surface area contributed by atoms with Gasteiger partial charge in [0.2, 0.25) is 10.0 Å². The molecule has 0 heterocycles. The lowest BCUT2D eigenvalue weighted by atomic mass is 10.0. The first-order chi connectivity index (χ1) is 13.8. The van der Waals surface area contributed by atoms with Crippen LogP contribution in [0.15, 0.2) is 48.9 Å². The Morgan fingerprint density at radius 1 is 0.933 bits per heavy atom. The molecule has 2 rings (SSSR count). The Balaban J connectivity index is 0.000000300. The van der Waals surface area contributed by atoms with E-state index in [4.69, 9.17) is 27.9 Å². The van der Waals surface area contributed by atoms with E-state index in [-0.39, 0.29) is 5.92 Å². The Morgan fingerprint density at radius 2 is 1.37 bits per heavy atom. The molecule has 2 aromatic rings. The molecule has 0 spiro atoms. The van der Waals surface area contributed by atoms with Gasteiger partial charge in [-0.2, -0.15) is 0 Å². The summed E-state index contributed by atoms with van der Waals surface area (Å²) >= 11 is 11.8. The number of rotatable bonds is 7. The summed E-state index contributed by atoms with van der Waals surface area (Å²) in [5.41, 5.74) is 3.63. The Morgan fingerprint density at radius 3 is 1.77 bits per heavy atom. The van der Waals surface area contributed by atoms with Gasteiger partial charge in [0, 0.05) is 15.7 Å². The van der Waals surface area contributed by atoms with Crippen LogP contribution >= 0.6 is 23.2 Å². The second-order valence-corrected chi connectivity index (χ2v) is 10.0. The van der Waals surface area contributed by atoms with Gasteiger partial charge in [0.25, 0.3) is 0 Å². The standard InChI is InChI=1S/C12H16ClNO.C10H14ClNO2S/c1-8(2)11-7-10(13)5-6-12(11)14-9(3)15-4;1-7(2)9-6-8(11)4-5-10(9)12-15(3,13)14/h5-8,14H,3H2,1-2,4H3;4-7,12H,1-3H3. The van der Waals surface area contributed by atoms with E-state index in [1.165, 1.54) is 0 Å². The van der Waals surface area contributed by atoms with Gasteiger partial charge in [-0.25, -0.2) is 8.42 Å².